The van der Waals surface area contributed by atoms with Crippen LogP contribution in [0.5, 0.6) is 5.75 Å². The van der Waals surface area contributed by atoms with Crippen LogP contribution in [0.3, 0.4) is 0 Å². The summed E-state index contributed by atoms with van der Waals surface area (Å²) >= 11 is 0. The molecule has 0 spiro atoms. The van der Waals surface area contributed by atoms with E-state index in [0.29, 0.717) is 18.3 Å². The fourth-order valence-corrected chi connectivity index (χ4v) is 2.42. The van der Waals surface area contributed by atoms with E-state index in [4.69, 9.17) is 4.74 Å². The molecule has 0 saturated carbocycles. The maximum Gasteiger partial charge on any atom is 0.270 e. The molecule has 5 nitrogen and oxygen atoms in total. The van der Waals surface area contributed by atoms with Gasteiger partial charge in [-0.15, -0.1) is 0 Å². The normalized spacial score (nSPS) is 12.1. The third-order valence-corrected chi connectivity index (χ3v) is 3.60. The van der Waals surface area contributed by atoms with E-state index in [2.05, 4.69) is 19.2 Å². The number of unbranched alkanes of at least 4 members (excludes halogenated alkanes) is 1. The van der Waals surface area contributed by atoms with Crippen LogP contribution >= 0.6 is 0 Å². The van der Waals surface area contributed by atoms with Gasteiger partial charge in [-0.25, -0.2) is 0 Å². The van der Waals surface area contributed by atoms with Gasteiger partial charge in [0.2, 0.25) is 0 Å². The van der Waals surface area contributed by atoms with E-state index in [1.807, 2.05) is 0 Å². The zero-order valence-electron chi connectivity index (χ0n) is 13.2. The average molecular weight is 294 g/mol. The summed E-state index contributed by atoms with van der Waals surface area (Å²) in [6, 6.07) is 5.19. The molecular weight excluding hydrogens is 268 g/mol. The summed E-state index contributed by atoms with van der Waals surface area (Å²) in [5, 5.41) is 14.4. The maximum atomic E-state index is 10.9. The van der Waals surface area contributed by atoms with Crippen LogP contribution in [-0.4, -0.2) is 18.1 Å². The number of rotatable bonds is 10. The summed E-state index contributed by atoms with van der Waals surface area (Å²) < 4.78 is 5.29. The third-order valence-electron chi connectivity index (χ3n) is 3.60. The van der Waals surface area contributed by atoms with Gasteiger partial charge in [0.05, 0.1) is 12.0 Å². The second kappa shape index (κ2) is 9.34. The lowest BCUT2D eigenvalue weighted by molar-refractivity contribution is -0.384. The third kappa shape index (κ3) is 5.71. The van der Waals surface area contributed by atoms with E-state index in [-0.39, 0.29) is 10.6 Å². The van der Waals surface area contributed by atoms with Crippen molar-refractivity contribution < 1.29 is 9.66 Å². The first-order chi connectivity index (χ1) is 10.1. The highest BCUT2D eigenvalue weighted by Gasteiger charge is 2.13. The second-order valence-corrected chi connectivity index (χ2v) is 5.26. The molecule has 0 bridgehead atoms. The highest BCUT2D eigenvalue weighted by atomic mass is 16.6. The molecule has 1 unspecified atom stereocenters. The molecular formula is C16H26N2O3. The standard InChI is InChI=1S/C16H26N2O3/c1-4-6-8-14(7-5-2)17-12-13-11-15(18(19)20)9-10-16(13)21-3/h9-11,14,17H,4-8,12H2,1-3H3. The molecule has 0 radical (unpaired) electrons. The van der Waals surface area contributed by atoms with Gasteiger partial charge in [0.15, 0.2) is 0 Å². The van der Waals surface area contributed by atoms with Crippen molar-refractivity contribution in [3.8, 4) is 5.75 Å². The lowest BCUT2D eigenvalue weighted by Gasteiger charge is -2.18. The molecule has 0 aliphatic heterocycles. The van der Waals surface area contributed by atoms with E-state index < -0.39 is 0 Å². The van der Waals surface area contributed by atoms with E-state index in [1.165, 1.54) is 18.9 Å². The number of methoxy groups -OCH3 is 1. The summed E-state index contributed by atoms with van der Waals surface area (Å²) in [7, 11) is 1.59. The molecule has 0 saturated heterocycles. The highest BCUT2D eigenvalue weighted by molar-refractivity contribution is 5.43. The van der Waals surface area contributed by atoms with Crippen LogP contribution in [0.1, 0.15) is 51.5 Å². The zero-order chi connectivity index (χ0) is 15.7. The molecule has 0 heterocycles. The summed E-state index contributed by atoms with van der Waals surface area (Å²) in [4.78, 5) is 10.5. The molecule has 0 aliphatic rings. The molecule has 0 fully saturated rings. The number of hydrogen-bond donors (Lipinski definition) is 1. The first kappa shape index (κ1) is 17.4. The highest BCUT2D eigenvalue weighted by Crippen LogP contribution is 2.24. The van der Waals surface area contributed by atoms with Crippen LogP contribution in [0.4, 0.5) is 5.69 Å². The Labute approximate surface area is 126 Å². The van der Waals surface area contributed by atoms with Gasteiger partial charge in [0.25, 0.3) is 5.69 Å². The monoisotopic (exact) mass is 294 g/mol. The van der Waals surface area contributed by atoms with Gasteiger partial charge in [0, 0.05) is 30.3 Å². The van der Waals surface area contributed by atoms with Crippen molar-refractivity contribution in [1.82, 2.24) is 5.32 Å². The van der Waals surface area contributed by atoms with E-state index >= 15 is 0 Å². The smallest absolute Gasteiger partial charge is 0.270 e. The first-order valence-electron chi connectivity index (χ1n) is 7.67. The van der Waals surface area contributed by atoms with Gasteiger partial charge in [-0.05, 0) is 18.9 Å². The number of nitrogens with one attached hydrogen (secondary N) is 1. The van der Waals surface area contributed by atoms with Crippen molar-refractivity contribution >= 4 is 5.69 Å². The summed E-state index contributed by atoms with van der Waals surface area (Å²) in [5.74, 6) is 0.693. The Morgan fingerprint density at radius 2 is 2.05 bits per heavy atom. The Balaban J connectivity index is 2.74. The van der Waals surface area contributed by atoms with Crippen molar-refractivity contribution in [2.24, 2.45) is 0 Å². The minimum Gasteiger partial charge on any atom is -0.496 e. The van der Waals surface area contributed by atoms with Gasteiger partial charge < -0.3 is 10.1 Å². The van der Waals surface area contributed by atoms with Crippen molar-refractivity contribution in [3.05, 3.63) is 33.9 Å². The van der Waals surface area contributed by atoms with Crippen LogP contribution in [0, 0.1) is 10.1 Å². The van der Waals surface area contributed by atoms with Crippen LogP contribution in [0.2, 0.25) is 0 Å². The molecule has 21 heavy (non-hydrogen) atoms. The van der Waals surface area contributed by atoms with Crippen LogP contribution in [-0.2, 0) is 6.54 Å². The molecule has 1 rings (SSSR count). The molecule has 1 N–H and O–H groups in total. The molecule has 0 amide bonds. The Morgan fingerprint density at radius 3 is 2.62 bits per heavy atom. The SMILES string of the molecule is CCCCC(CCC)NCc1cc([N+](=O)[O-])ccc1OC. The number of non-ortho nitro benzene ring substituents is 1. The Hall–Kier alpha value is -1.62. The van der Waals surface area contributed by atoms with Crippen molar-refractivity contribution in [3.63, 3.8) is 0 Å². The number of hydrogen-bond acceptors (Lipinski definition) is 4. The minimum atomic E-state index is -0.371. The number of ether oxygens (including phenoxy) is 1. The summed E-state index contributed by atoms with van der Waals surface area (Å²) in [5.41, 5.74) is 0.942. The maximum absolute atomic E-state index is 10.9. The minimum absolute atomic E-state index is 0.105. The lowest BCUT2D eigenvalue weighted by Crippen LogP contribution is -2.28. The lowest BCUT2D eigenvalue weighted by atomic mass is 10.0. The van der Waals surface area contributed by atoms with Gasteiger partial charge in [-0.3, -0.25) is 10.1 Å². The molecule has 1 atom stereocenters. The van der Waals surface area contributed by atoms with Crippen molar-refractivity contribution in [2.45, 2.75) is 58.5 Å². The topological polar surface area (TPSA) is 64.4 Å². The van der Waals surface area contributed by atoms with Crippen LogP contribution < -0.4 is 10.1 Å². The van der Waals surface area contributed by atoms with Crippen LogP contribution in [0.25, 0.3) is 0 Å². The Bertz CT molecular complexity index is 449. The zero-order valence-corrected chi connectivity index (χ0v) is 13.2. The predicted molar refractivity (Wildman–Crippen MR) is 84.7 cm³/mol. The molecule has 0 aromatic heterocycles. The fourth-order valence-electron chi connectivity index (χ4n) is 2.42. The largest absolute Gasteiger partial charge is 0.496 e. The van der Waals surface area contributed by atoms with Gasteiger partial charge in [-0.1, -0.05) is 33.1 Å². The first-order valence-corrected chi connectivity index (χ1v) is 7.67. The summed E-state index contributed by atoms with van der Waals surface area (Å²) in [6.07, 6.45) is 5.78. The number of nitro benzene ring substituents is 1. The van der Waals surface area contributed by atoms with E-state index in [9.17, 15) is 10.1 Å². The second-order valence-electron chi connectivity index (χ2n) is 5.26. The quantitative estimate of drug-likeness (QED) is 0.522. The molecule has 5 heteroatoms. The van der Waals surface area contributed by atoms with Crippen molar-refractivity contribution in [2.75, 3.05) is 7.11 Å². The molecule has 1 aromatic rings. The van der Waals surface area contributed by atoms with Crippen LogP contribution in [0.15, 0.2) is 18.2 Å². The Kier molecular flexibility index (Phi) is 7.75. The average Bonchev–Trinajstić information content (AvgIpc) is 2.49. The number of nitrogens with zero attached hydrogens (tertiary/aromatic N) is 1. The number of nitro groups is 1. The molecule has 118 valence electrons. The van der Waals surface area contributed by atoms with Crippen molar-refractivity contribution in [1.29, 1.82) is 0 Å². The fraction of sp³-hybridized carbons (Fsp3) is 0.625. The van der Waals surface area contributed by atoms with Gasteiger partial charge in [-0.2, -0.15) is 0 Å². The molecule has 1 aromatic carbocycles. The van der Waals surface area contributed by atoms with E-state index in [0.717, 1.165) is 24.8 Å². The molecule has 0 aliphatic carbocycles. The van der Waals surface area contributed by atoms with Gasteiger partial charge in [0.1, 0.15) is 5.75 Å². The van der Waals surface area contributed by atoms with Gasteiger partial charge >= 0.3 is 0 Å². The summed E-state index contributed by atoms with van der Waals surface area (Å²) in [6.45, 7) is 4.96. The Morgan fingerprint density at radius 1 is 1.29 bits per heavy atom. The predicted octanol–water partition coefficient (Wildman–Crippen LogP) is 4.05. The van der Waals surface area contributed by atoms with E-state index in [1.54, 1.807) is 19.2 Å². The number of benzene rings is 1.